The van der Waals surface area contributed by atoms with Gasteiger partial charge in [-0.1, -0.05) is 78.9 Å². The number of aromatic nitrogens is 2. The van der Waals surface area contributed by atoms with Crippen LogP contribution in [0.15, 0.2) is 115 Å². The highest BCUT2D eigenvalue weighted by Gasteiger charge is 2.24. The topological polar surface area (TPSA) is 90.5 Å². The number of hydrogen-bond acceptors (Lipinski definition) is 5. The number of amides is 1. The fourth-order valence-electron chi connectivity index (χ4n) is 4.52. The van der Waals surface area contributed by atoms with Gasteiger partial charge in [0.25, 0.3) is 11.6 Å². The minimum absolute atomic E-state index is 0.0838. The second-order valence-electron chi connectivity index (χ2n) is 9.28. The number of benzene rings is 4. The van der Waals surface area contributed by atoms with Gasteiger partial charge < -0.3 is 9.64 Å². The molecule has 200 valence electrons. The summed E-state index contributed by atoms with van der Waals surface area (Å²) in [5.41, 5.74) is 4.08. The molecule has 0 saturated carbocycles. The second kappa shape index (κ2) is 12.1. The Labute approximate surface area is 232 Å². The third-order valence-electron chi connectivity index (χ3n) is 6.60. The number of nitrogens with zero attached hydrogens (tertiary/aromatic N) is 4. The van der Waals surface area contributed by atoms with Gasteiger partial charge in [0.15, 0.2) is 0 Å². The van der Waals surface area contributed by atoms with Crippen LogP contribution in [0.25, 0.3) is 16.9 Å². The summed E-state index contributed by atoms with van der Waals surface area (Å²) < 4.78 is 6.87. The maximum absolute atomic E-state index is 14.3. The normalized spacial score (nSPS) is 10.7. The Morgan fingerprint density at radius 3 is 2.27 bits per heavy atom. The van der Waals surface area contributed by atoms with Gasteiger partial charge in [0.1, 0.15) is 11.4 Å². The number of hydrogen-bond donors (Lipinski definition) is 0. The van der Waals surface area contributed by atoms with Crippen molar-refractivity contribution in [2.45, 2.75) is 13.0 Å². The summed E-state index contributed by atoms with van der Waals surface area (Å²) in [6.45, 7) is 0.882. The van der Waals surface area contributed by atoms with Gasteiger partial charge in [-0.25, -0.2) is 4.68 Å². The monoisotopic (exact) mass is 532 g/mol. The van der Waals surface area contributed by atoms with E-state index in [4.69, 9.17) is 9.84 Å². The first-order chi connectivity index (χ1) is 19.5. The smallest absolute Gasteiger partial charge is 0.272 e. The molecule has 0 aliphatic heterocycles. The Hall–Kier alpha value is -5.24. The van der Waals surface area contributed by atoms with Gasteiger partial charge in [0, 0.05) is 30.8 Å². The van der Waals surface area contributed by atoms with E-state index < -0.39 is 4.92 Å². The number of nitro groups is 1. The molecule has 8 heteroatoms. The van der Waals surface area contributed by atoms with Gasteiger partial charge in [0.05, 0.1) is 23.4 Å². The van der Waals surface area contributed by atoms with Crippen molar-refractivity contribution in [2.75, 3.05) is 13.7 Å². The molecule has 5 aromatic rings. The standard InChI is InChI=1S/C32H28N4O4/c1-40-29-17-8-14-26(20-29)30-22-31(35(33-30)27-15-9-16-28(21-27)36(38)39)32(37)34(23-25-12-6-3-7-13-25)19-18-24-10-4-2-5-11-24/h2-17,20-22H,18-19,23H2,1H3. The predicted octanol–water partition coefficient (Wildman–Crippen LogP) is 6.34. The number of carbonyl (C=O) groups excluding carboxylic acids is 1. The van der Waals surface area contributed by atoms with E-state index in [1.807, 2.05) is 84.9 Å². The fraction of sp³-hybridized carbons (Fsp3) is 0.125. The average molecular weight is 533 g/mol. The van der Waals surface area contributed by atoms with Crippen LogP contribution in [0, 0.1) is 10.1 Å². The van der Waals surface area contributed by atoms with Crippen LogP contribution >= 0.6 is 0 Å². The van der Waals surface area contributed by atoms with Crippen LogP contribution < -0.4 is 4.74 Å². The molecule has 1 heterocycles. The Kier molecular flexibility index (Phi) is 7.97. The Morgan fingerprint density at radius 2 is 1.57 bits per heavy atom. The van der Waals surface area contributed by atoms with E-state index in [0.29, 0.717) is 42.3 Å². The molecule has 0 radical (unpaired) electrons. The van der Waals surface area contributed by atoms with Crippen molar-refractivity contribution in [3.63, 3.8) is 0 Å². The lowest BCUT2D eigenvalue weighted by atomic mass is 10.1. The first kappa shape index (κ1) is 26.4. The molecule has 0 bridgehead atoms. The van der Waals surface area contributed by atoms with Crippen molar-refractivity contribution in [3.8, 4) is 22.7 Å². The molecule has 0 aliphatic rings. The van der Waals surface area contributed by atoms with Gasteiger partial charge in [-0.2, -0.15) is 5.10 Å². The van der Waals surface area contributed by atoms with E-state index in [-0.39, 0.29) is 11.6 Å². The van der Waals surface area contributed by atoms with Gasteiger partial charge in [0.2, 0.25) is 0 Å². The maximum atomic E-state index is 14.3. The molecule has 0 N–H and O–H groups in total. The number of non-ortho nitro benzene ring substituents is 1. The molecule has 1 aromatic heterocycles. The van der Waals surface area contributed by atoms with E-state index >= 15 is 0 Å². The molecule has 0 unspecified atom stereocenters. The molecule has 1 amide bonds. The molecule has 0 spiro atoms. The van der Waals surface area contributed by atoms with Crippen molar-refractivity contribution >= 4 is 11.6 Å². The molecule has 5 rings (SSSR count). The van der Waals surface area contributed by atoms with E-state index in [1.54, 1.807) is 30.2 Å². The molecular weight excluding hydrogens is 504 g/mol. The highest BCUT2D eigenvalue weighted by molar-refractivity contribution is 5.94. The molecule has 0 atom stereocenters. The van der Waals surface area contributed by atoms with Gasteiger partial charge in [-0.05, 0) is 41.8 Å². The van der Waals surface area contributed by atoms with E-state index in [2.05, 4.69) is 0 Å². The molecule has 0 saturated heterocycles. The largest absolute Gasteiger partial charge is 0.497 e. The summed E-state index contributed by atoms with van der Waals surface area (Å²) in [7, 11) is 1.59. The molecule has 0 aliphatic carbocycles. The Bertz CT molecular complexity index is 1620. The van der Waals surface area contributed by atoms with Crippen LogP contribution in [0.5, 0.6) is 5.75 Å². The summed E-state index contributed by atoms with van der Waals surface area (Å²) >= 11 is 0. The summed E-state index contributed by atoms with van der Waals surface area (Å²) in [6.07, 6.45) is 0.674. The quantitative estimate of drug-likeness (QED) is 0.155. The molecular formula is C32H28N4O4. The zero-order chi connectivity index (χ0) is 27.9. The van der Waals surface area contributed by atoms with Gasteiger partial charge >= 0.3 is 0 Å². The lowest BCUT2D eigenvalue weighted by molar-refractivity contribution is -0.384. The Morgan fingerprint density at radius 1 is 0.875 bits per heavy atom. The van der Waals surface area contributed by atoms with Crippen LogP contribution in [0.3, 0.4) is 0 Å². The van der Waals surface area contributed by atoms with Crippen molar-refractivity contribution in [2.24, 2.45) is 0 Å². The summed E-state index contributed by atoms with van der Waals surface area (Å²) in [4.78, 5) is 27.1. The highest BCUT2D eigenvalue weighted by Crippen LogP contribution is 2.27. The number of ether oxygens (including phenoxy) is 1. The summed E-state index contributed by atoms with van der Waals surface area (Å²) in [6, 6.07) is 35.1. The van der Waals surface area contributed by atoms with Crippen molar-refractivity contribution in [3.05, 3.63) is 142 Å². The van der Waals surface area contributed by atoms with Crippen LogP contribution in [0.4, 0.5) is 5.69 Å². The Balaban J connectivity index is 1.58. The van der Waals surface area contributed by atoms with E-state index in [0.717, 1.165) is 16.7 Å². The third-order valence-corrected chi connectivity index (χ3v) is 6.60. The maximum Gasteiger partial charge on any atom is 0.272 e. The average Bonchev–Trinajstić information content (AvgIpc) is 3.46. The van der Waals surface area contributed by atoms with Crippen LogP contribution in [0.1, 0.15) is 21.6 Å². The summed E-state index contributed by atoms with van der Waals surface area (Å²) in [5.74, 6) is 0.428. The molecule has 0 fully saturated rings. The molecule has 4 aromatic carbocycles. The number of methoxy groups -OCH3 is 1. The van der Waals surface area contributed by atoms with E-state index in [1.165, 1.54) is 16.8 Å². The van der Waals surface area contributed by atoms with Gasteiger partial charge in [-0.15, -0.1) is 0 Å². The first-order valence-corrected chi connectivity index (χ1v) is 12.9. The SMILES string of the molecule is COc1cccc(-c2cc(C(=O)N(CCc3ccccc3)Cc3ccccc3)n(-c3cccc([N+](=O)[O-])c3)n2)c1. The van der Waals surface area contributed by atoms with Crippen molar-refractivity contribution in [1.82, 2.24) is 14.7 Å². The molecule has 40 heavy (non-hydrogen) atoms. The van der Waals surface area contributed by atoms with Crippen molar-refractivity contribution in [1.29, 1.82) is 0 Å². The lowest BCUT2D eigenvalue weighted by Gasteiger charge is -2.23. The number of carbonyl (C=O) groups is 1. The van der Waals surface area contributed by atoms with Crippen LogP contribution in [-0.4, -0.2) is 39.2 Å². The fourth-order valence-corrected chi connectivity index (χ4v) is 4.52. The first-order valence-electron chi connectivity index (χ1n) is 12.9. The lowest BCUT2D eigenvalue weighted by Crippen LogP contribution is -2.34. The van der Waals surface area contributed by atoms with Crippen molar-refractivity contribution < 1.29 is 14.5 Å². The number of rotatable bonds is 10. The minimum atomic E-state index is -0.459. The second-order valence-corrected chi connectivity index (χ2v) is 9.28. The molecule has 8 nitrogen and oxygen atoms in total. The number of nitro benzene ring substituents is 1. The zero-order valence-corrected chi connectivity index (χ0v) is 22.0. The van der Waals surface area contributed by atoms with E-state index in [9.17, 15) is 14.9 Å². The third kappa shape index (κ3) is 6.07. The summed E-state index contributed by atoms with van der Waals surface area (Å²) in [5, 5.41) is 16.3. The highest BCUT2D eigenvalue weighted by atomic mass is 16.6. The zero-order valence-electron chi connectivity index (χ0n) is 22.0. The van der Waals surface area contributed by atoms with Crippen LogP contribution in [-0.2, 0) is 13.0 Å². The minimum Gasteiger partial charge on any atom is -0.497 e. The predicted molar refractivity (Wildman–Crippen MR) is 154 cm³/mol. The van der Waals surface area contributed by atoms with Gasteiger partial charge in [-0.3, -0.25) is 14.9 Å². The van der Waals surface area contributed by atoms with Crippen LogP contribution in [0.2, 0.25) is 0 Å².